The number of carbonyl (C=O) groups is 1. The van der Waals surface area contributed by atoms with Gasteiger partial charge in [-0.05, 0) is 97.2 Å². The van der Waals surface area contributed by atoms with Gasteiger partial charge in [0.15, 0.2) is 0 Å². The van der Waals surface area contributed by atoms with E-state index in [1.54, 1.807) is 12.5 Å². The van der Waals surface area contributed by atoms with Crippen LogP contribution in [0.15, 0.2) is 23.8 Å². The van der Waals surface area contributed by atoms with Crippen molar-refractivity contribution >= 4 is 5.97 Å². The molecule has 0 radical (unpaired) electrons. The second kappa shape index (κ2) is 8.95. The van der Waals surface area contributed by atoms with E-state index in [0.717, 1.165) is 42.4 Å². The average Bonchev–Trinajstić information content (AvgIpc) is 3.08. The minimum atomic E-state index is -0.121. The third kappa shape index (κ3) is 4.14. The highest BCUT2D eigenvalue weighted by Crippen LogP contribution is 2.67. The van der Waals surface area contributed by atoms with Gasteiger partial charge in [0, 0.05) is 13.3 Å². The molecule has 0 amide bonds. The zero-order valence-electron chi connectivity index (χ0n) is 21.8. The highest BCUT2D eigenvalue weighted by atomic mass is 16.5. The van der Waals surface area contributed by atoms with Gasteiger partial charge in [0.2, 0.25) is 0 Å². The molecule has 2 heteroatoms. The van der Waals surface area contributed by atoms with Crippen molar-refractivity contribution in [2.24, 2.45) is 52.3 Å². The van der Waals surface area contributed by atoms with Crippen molar-refractivity contribution in [3.8, 4) is 0 Å². The maximum atomic E-state index is 11.5. The topological polar surface area (TPSA) is 26.3 Å². The number of fused-ring (bicyclic) bond motifs is 5. The maximum Gasteiger partial charge on any atom is 0.302 e. The van der Waals surface area contributed by atoms with Gasteiger partial charge in [0.25, 0.3) is 0 Å². The first kappa shape index (κ1) is 24.1. The molecule has 0 N–H and O–H groups in total. The molecule has 0 aliphatic heterocycles. The van der Waals surface area contributed by atoms with Crippen molar-refractivity contribution in [2.75, 3.05) is 0 Å². The Balaban J connectivity index is 1.50. The number of carbonyl (C=O) groups excluding carboxylic acids is 1. The molecule has 0 heterocycles. The third-order valence-electron chi connectivity index (χ3n) is 10.9. The summed E-state index contributed by atoms with van der Waals surface area (Å²) < 4.78 is 5.62. The van der Waals surface area contributed by atoms with Crippen molar-refractivity contribution in [3.63, 3.8) is 0 Å². The Morgan fingerprint density at radius 2 is 1.78 bits per heavy atom. The first-order valence-electron chi connectivity index (χ1n) is 13.6. The summed E-state index contributed by atoms with van der Waals surface area (Å²) in [7, 11) is 0. The smallest absolute Gasteiger partial charge is 0.302 e. The fourth-order valence-electron chi connectivity index (χ4n) is 8.57. The molecule has 0 bridgehead atoms. The van der Waals surface area contributed by atoms with Crippen LogP contribution in [0.3, 0.4) is 0 Å². The number of rotatable bonds is 5. The van der Waals surface area contributed by atoms with Crippen LogP contribution in [0.2, 0.25) is 0 Å². The van der Waals surface area contributed by atoms with Crippen LogP contribution in [0.25, 0.3) is 0 Å². The summed E-state index contributed by atoms with van der Waals surface area (Å²) in [4.78, 5) is 11.5. The van der Waals surface area contributed by atoms with E-state index < -0.39 is 0 Å². The van der Waals surface area contributed by atoms with Crippen molar-refractivity contribution in [1.82, 2.24) is 0 Å². The van der Waals surface area contributed by atoms with Crippen LogP contribution in [0.4, 0.5) is 0 Å². The zero-order valence-corrected chi connectivity index (χ0v) is 21.8. The maximum absolute atomic E-state index is 11.5. The van der Waals surface area contributed by atoms with Gasteiger partial charge in [-0.2, -0.15) is 0 Å². The average molecular weight is 441 g/mol. The summed E-state index contributed by atoms with van der Waals surface area (Å²) in [5.41, 5.74) is 2.44. The van der Waals surface area contributed by atoms with Gasteiger partial charge in [0.1, 0.15) is 6.10 Å². The molecule has 2 nitrogen and oxygen atoms in total. The molecule has 0 saturated heterocycles. The number of hydrogen-bond donors (Lipinski definition) is 0. The molecule has 0 aromatic carbocycles. The summed E-state index contributed by atoms with van der Waals surface area (Å²) in [6.45, 7) is 16.3. The van der Waals surface area contributed by atoms with E-state index in [0.29, 0.717) is 22.7 Å². The predicted molar refractivity (Wildman–Crippen MR) is 133 cm³/mol. The van der Waals surface area contributed by atoms with Crippen LogP contribution in [-0.2, 0) is 9.53 Å². The van der Waals surface area contributed by atoms with Crippen LogP contribution in [-0.4, -0.2) is 12.1 Å². The molecule has 4 aliphatic rings. The lowest BCUT2D eigenvalue weighted by Crippen LogP contribution is -2.51. The Hall–Kier alpha value is -1.05. The highest BCUT2D eigenvalue weighted by Gasteiger charge is 2.59. The summed E-state index contributed by atoms with van der Waals surface area (Å²) >= 11 is 0. The molecule has 0 aromatic rings. The lowest BCUT2D eigenvalue weighted by molar-refractivity contribution is -0.148. The molecule has 32 heavy (non-hydrogen) atoms. The molecule has 3 saturated carbocycles. The number of allylic oxidation sites excluding steroid dienone is 3. The lowest BCUT2D eigenvalue weighted by atomic mass is 9.47. The van der Waals surface area contributed by atoms with Crippen LogP contribution in [0.1, 0.15) is 99.8 Å². The first-order valence-corrected chi connectivity index (χ1v) is 13.6. The molecule has 0 spiro atoms. The van der Waals surface area contributed by atoms with Gasteiger partial charge in [-0.3, -0.25) is 4.79 Å². The van der Waals surface area contributed by atoms with E-state index in [2.05, 4.69) is 59.8 Å². The fraction of sp³-hybridized carbons (Fsp3) is 0.833. The van der Waals surface area contributed by atoms with Gasteiger partial charge >= 0.3 is 5.97 Å². The molecular weight excluding hydrogens is 392 g/mol. The van der Waals surface area contributed by atoms with E-state index in [4.69, 9.17) is 4.74 Å². The number of esters is 1. The molecule has 5 unspecified atom stereocenters. The first-order chi connectivity index (χ1) is 15.1. The van der Waals surface area contributed by atoms with Crippen molar-refractivity contribution in [3.05, 3.63) is 23.8 Å². The summed E-state index contributed by atoms with van der Waals surface area (Å²) in [6.07, 6.45) is 17.8. The number of hydrogen-bond acceptors (Lipinski definition) is 2. The minimum Gasteiger partial charge on any atom is -0.462 e. The Bertz CT molecular complexity index is 763. The van der Waals surface area contributed by atoms with Crippen molar-refractivity contribution < 1.29 is 9.53 Å². The van der Waals surface area contributed by atoms with E-state index >= 15 is 0 Å². The largest absolute Gasteiger partial charge is 0.462 e. The Labute approximate surface area is 197 Å². The Morgan fingerprint density at radius 3 is 2.47 bits per heavy atom. The monoisotopic (exact) mass is 440 g/mol. The van der Waals surface area contributed by atoms with Gasteiger partial charge < -0.3 is 4.74 Å². The van der Waals surface area contributed by atoms with Crippen LogP contribution in [0, 0.1) is 52.3 Å². The predicted octanol–water partition coefficient (Wildman–Crippen LogP) is 7.98. The van der Waals surface area contributed by atoms with Gasteiger partial charge in [-0.1, -0.05) is 65.3 Å². The van der Waals surface area contributed by atoms with Gasteiger partial charge in [-0.25, -0.2) is 0 Å². The van der Waals surface area contributed by atoms with E-state index in [-0.39, 0.29) is 12.1 Å². The van der Waals surface area contributed by atoms with E-state index in [1.807, 2.05) is 0 Å². The minimum absolute atomic E-state index is 0.106. The molecule has 180 valence electrons. The van der Waals surface area contributed by atoms with E-state index in [1.165, 1.54) is 38.5 Å². The van der Waals surface area contributed by atoms with Gasteiger partial charge in [0.05, 0.1) is 0 Å². The molecule has 3 fully saturated rings. The lowest BCUT2D eigenvalue weighted by Gasteiger charge is -2.58. The quantitative estimate of drug-likeness (QED) is 0.320. The second-order valence-electron chi connectivity index (χ2n) is 12.8. The molecule has 4 rings (SSSR count). The SMILES string of the molecule is CC(=O)OC1CC[C@]2(C)C(=CCC3C4CCC([C@H](C)/C=C/[C@H](C)C(C)C)C4(C)CC[C@@H]32)C1. The standard InChI is InChI=1S/C30H48O2/c1-19(2)20(3)8-9-21(4)26-12-13-27-25-11-10-23-18-24(32-22(5)31)14-16-29(23,6)28(25)15-17-30(26,27)7/h8-10,19-21,24-28H,11-18H2,1-7H3/b9-8+/t20-,21+,24?,25?,26?,27?,28-,29+,30?/m0/s1. The molecule has 9 atom stereocenters. The molecular formula is C30H48O2. The van der Waals surface area contributed by atoms with Gasteiger partial charge in [-0.15, -0.1) is 0 Å². The second-order valence-corrected chi connectivity index (χ2v) is 12.8. The molecule has 4 aliphatic carbocycles. The van der Waals surface area contributed by atoms with Crippen LogP contribution < -0.4 is 0 Å². The summed E-state index contributed by atoms with van der Waals surface area (Å²) in [6, 6.07) is 0. The zero-order chi connectivity index (χ0) is 23.3. The van der Waals surface area contributed by atoms with Crippen LogP contribution >= 0.6 is 0 Å². The Morgan fingerprint density at radius 1 is 1.03 bits per heavy atom. The normalized spacial score (nSPS) is 43.2. The molecule has 0 aromatic heterocycles. The number of ether oxygens (including phenoxy) is 1. The van der Waals surface area contributed by atoms with E-state index in [9.17, 15) is 4.79 Å². The summed E-state index contributed by atoms with van der Waals surface area (Å²) in [5.74, 6) is 5.35. The fourth-order valence-corrected chi connectivity index (χ4v) is 8.57. The summed E-state index contributed by atoms with van der Waals surface area (Å²) in [5, 5.41) is 0. The Kier molecular flexibility index (Phi) is 6.74. The van der Waals surface area contributed by atoms with Crippen molar-refractivity contribution in [1.29, 1.82) is 0 Å². The third-order valence-corrected chi connectivity index (χ3v) is 10.9. The van der Waals surface area contributed by atoms with Crippen LogP contribution in [0.5, 0.6) is 0 Å². The van der Waals surface area contributed by atoms with Crippen molar-refractivity contribution in [2.45, 2.75) is 106 Å². The highest BCUT2D eigenvalue weighted by molar-refractivity contribution is 5.66.